The van der Waals surface area contributed by atoms with Gasteiger partial charge in [0.1, 0.15) is 5.75 Å². The topological polar surface area (TPSA) is 103 Å². The molecule has 9 heteroatoms. The maximum absolute atomic E-state index is 11.6. The van der Waals surface area contributed by atoms with E-state index in [1.807, 2.05) is 18.7 Å². The maximum atomic E-state index is 11.6. The van der Waals surface area contributed by atoms with Crippen LogP contribution >= 0.6 is 0 Å². The van der Waals surface area contributed by atoms with E-state index in [2.05, 4.69) is 11.6 Å². The zero-order chi connectivity index (χ0) is 24.0. The largest absolute Gasteiger partial charge is 0.490 e. The van der Waals surface area contributed by atoms with E-state index in [1.54, 1.807) is 24.3 Å². The molecule has 1 aromatic rings. The molecule has 1 saturated heterocycles. The molecule has 33 heavy (non-hydrogen) atoms. The molecule has 0 aromatic heterocycles. The molecule has 3 rings (SSSR count). The van der Waals surface area contributed by atoms with Crippen LogP contribution in [0, 0.1) is 5.92 Å². The normalized spacial score (nSPS) is 22.9. The number of nitrogens with zero attached hydrogens (tertiary/aromatic N) is 2. The SMILES string of the molecule is C=C(/N=C(\ON)N1CCC(O[C@H]2CC[C@H](Oc3ccc(S(C)(=O)=O)cc3)CC2)CC1)C(C)C. The molecule has 0 spiro atoms. The molecule has 2 fully saturated rings. The molecule has 1 heterocycles. The Morgan fingerprint density at radius 3 is 2.09 bits per heavy atom. The van der Waals surface area contributed by atoms with Crippen LogP contribution in [0.2, 0.25) is 0 Å². The second-order valence-electron chi connectivity index (χ2n) is 9.24. The Balaban J connectivity index is 1.41. The van der Waals surface area contributed by atoms with Gasteiger partial charge in [-0.1, -0.05) is 20.4 Å². The van der Waals surface area contributed by atoms with E-state index >= 15 is 0 Å². The molecule has 1 aliphatic carbocycles. The van der Waals surface area contributed by atoms with Gasteiger partial charge in [-0.05, 0) is 68.7 Å². The van der Waals surface area contributed by atoms with Gasteiger partial charge in [0, 0.05) is 25.0 Å². The molecular formula is C24H37N3O5S. The lowest BCUT2D eigenvalue weighted by Gasteiger charge is -2.36. The number of nitrogens with two attached hydrogens (primary N) is 1. The van der Waals surface area contributed by atoms with Crippen molar-refractivity contribution < 1.29 is 22.7 Å². The molecule has 0 amide bonds. The molecule has 184 valence electrons. The second kappa shape index (κ2) is 11.4. The fourth-order valence-corrected chi connectivity index (χ4v) is 4.75. The third-order valence-corrected chi connectivity index (χ3v) is 7.41. The highest BCUT2D eigenvalue weighted by atomic mass is 32.2. The first-order valence-electron chi connectivity index (χ1n) is 11.7. The van der Waals surface area contributed by atoms with E-state index in [4.69, 9.17) is 20.2 Å². The Bertz CT molecular complexity index is 914. The number of benzene rings is 1. The summed E-state index contributed by atoms with van der Waals surface area (Å²) in [5.74, 6) is 6.39. The van der Waals surface area contributed by atoms with Crippen molar-refractivity contribution in [2.24, 2.45) is 16.8 Å². The predicted octanol–water partition coefficient (Wildman–Crippen LogP) is 3.68. The summed E-state index contributed by atoms with van der Waals surface area (Å²) in [7, 11) is -3.19. The van der Waals surface area contributed by atoms with Gasteiger partial charge in [-0.15, -0.1) is 0 Å². The zero-order valence-corrected chi connectivity index (χ0v) is 20.7. The number of sulfone groups is 1. The van der Waals surface area contributed by atoms with Crippen molar-refractivity contribution >= 4 is 15.9 Å². The van der Waals surface area contributed by atoms with Crippen LogP contribution in [0.1, 0.15) is 52.4 Å². The number of hydrogen-bond acceptors (Lipinski definition) is 7. The van der Waals surface area contributed by atoms with Crippen LogP contribution in [-0.4, -0.2) is 57.0 Å². The lowest BCUT2D eigenvalue weighted by Crippen LogP contribution is -2.44. The minimum absolute atomic E-state index is 0.130. The average molecular weight is 480 g/mol. The quantitative estimate of drug-likeness (QED) is 0.361. The molecule has 1 saturated carbocycles. The Morgan fingerprint density at radius 2 is 1.58 bits per heavy atom. The van der Waals surface area contributed by atoms with Crippen LogP contribution in [0.25, 0.3) is 0 Å². The van der Waals surface area contributed by atoms with Crippen LogP contribution < -0.4 is 10.6 Å². The number of amidine groups is 1. The van der Waals surface area contributed by atoms with Gasteiger partial charge in [-0.25, -0.2) is 13.4 Å². The first kappa shape index (κ1) is 25.5. The van der Waals surface area contributed by atoms with Gasteiger partial charge in [0.2, 0.25) is 0 Å². The Labute approximate surface area is 197 Å². The summed E-state index contributed by atoms with van der Waals surface area (Å²) in [5, 5.41) is 0. The maximum Gasteiger partial charge on any atom is 0.311 e. The number of piperidine rings is 1. The van der Waals surface area contributed by atoms with Crippen LogP contribution in [-0.2, 0) is 19.4 Å². The summed E-state index contributed by atoms with van der Waals surface area (Å²) in [6.45, 7) is 9.61. The molecule has 0 unspecified atom stereocenters. The van der Waals surface area contributed by atoms with E-state index < -0.39 is 9.84 Å². The minimum atomic E-state index is -3.19. The zero-order valence-electron chi connectivity index (χ0n) is 19.9. The summed E-state index contributed by atoms with van der Waals surface area (Å²) >= 11 is 0. The van der Waals surface area contributed by atoms with Gasteiger partial charge in [0.05, 0.1) is 23.2 Å². The highest BCUT2D eigenvalue weighted by molar-refractivity contribution is 7.90. The van der Waals surface area contributed by atoms with Gasteiger partial charge in [-0.3, -0.25) is 0 Å². The molecule has 2 aliphatic rings. The summed E-state index contributed by atoms with van der Waals surface area (Å²) in [5.41, 5.74) is 0.749. The van der Waals surface area contributed by atoms with Crippen LogP contribution in [0.4, 0.5) is 0 Å². The molecular weight excluding hydrogens is 442 g/mol. The van der Waals surface area contributed by atoms with Crippen LogP contribution in [0.15, 0.2) is 46.4 Å². The summed E-state index contributed by atoms with van der Waals surface area (Å²) in [4.78, 5) is 11.8. The number of likely N-dealkylation sites (tertiary alicyclic amines) is 1. The van der Waals surface area contributed by atoms with Crippen molar-refractivity contribution in [1.82, 2.24) is 4.90 Å². The van der Waals surface area contributed by atoms with Crippen molar-refractivity contribution in [3.63, 3.8) is 0 Å². The van der Waals surface area contributed by atoms with Crippen molar-refractivity contribution in [3.05, 3.63) is 36.5 Å². The van der Waals surface area contributed by atoms with E-state index in [0.717, 1.165) is 57.3 Å². The molecule has 8 nitrogen and oxygen atoms in total. The third kappa shape index (κ3) is 7.45. The van der Waals surface area contributed by atoms with E-state index in [9.17, 15) is 8.42 Å². The van der Waals surface area contributed by atoms with E-state index in [0.29, 0.717) is 16.7 Å². The predicted molar refractivity (Wildman–Crippen MR) is 129 cm³/mol. The van der Waals surface area contributed by atoms with Crippen molar-refractivity contribution in [2.75, 3.05) is 19.3 Å². The van der Waals surface area contributed by atoms with Gasteiger partial charge in [-0.2, -0.15) is 5.90 Å². The van der Waals surface area contributed by atoms with Gasteiger partial charge >= 0.3 is 6.02 Å². The second-order valence-corrected chi connectivity index (χ2v) is 11.3. The number of hydrogen-bond donors (Lipinski definition) is 1. The third-order valence-electron chi connectivity index (χ3n) is 6.28. The summed E-state index contributed by atoms with van der Waals surface area (Å²) in [6, 6.07) is 7.07. The lowest BCUT2D eigenvalue weighted by molar-refractivity contribution is -0.0626. The standard InChI is InChI=1S/C24H37N3O5S/c1-17(2)18(3)26-24(32-25)27-15-13-22(14-16-27)31-20-7-5-19(6-8-20)30-21-9-11-23(12-10-21)33(4,28)29/h9-12,17,19-20,22H,3,5-8,13-16,25H2,1-2,4H3/b26-24-/t19-,20-. The number of allylic oxidation sites excluding steroid dienone is 1. The van der Waals surface area contributed by atoms with Gasteiger partial charge in [0.15, 0.2) is 9.84 Å². The van der Waals surface area contributed by atoms with E-state index in [1.165, 1.54) is 6.26 Å². The van der Waals surface area contributed by atoms with Crippen LogP contribution in [0.3, 0.4) is 0 Å². The summed E-state index contributed by atoms with van der Waals surface area (Å²) < 4.78 is 35.6. The Hall–Kier alpha value is -2.10. The number of ether oxygens (including phenoxy) is 2. The first-order valence-corrected chi connectivity index (χ1v) is 13.6. The van der Waals surface area contributed by atoms with Crippen molar-refractivity contribution in [2.45, 2.75) is 75.6 Å². The van der Waals surface area contributed by atoms with E-state index in [-0.39, 0.29) is 24.2 Å². The molecule has 1 aliphatic heterocycles. The highest BCUT2D eigenvalue weighted by Crippen LogP contribution is 2.28. The first-order chi connectivity index (χ1) is 15.7. The molecule has 0 radical (unpaired) electrons. The van der Waals surface area contributed by atoms with Crippen molar-refractivity contribution in [1.29, 1.82) is 0 Å². The monoisotopic (exact) mass is 479 g/mol. The Kier molecular flexibility index (Phi) is 8.78. The molecule has 2 N–H and O–H groups in total. The highest BCUT2D eigenvalue weighted by Gasteiger charge is 2.29. The fraction of sp³-hybridized carbons (Fsp3) is 0.625. The van der Waals surface area contributed by atoms with Gasteiger partial charge in [0.25, 0.3) is 0 Å². The molecule has 1 aromatic carbocycles. The van der Waals surface area contributed by atoms with Crippen LogP contribution in [0.5, 0.6) is 5.75 Å². The molecule has 0 bridgehead atoms. The smallest absolute Gasteiger partial charge is 0.311 e. The lowest BCUT2D eigenvalue weighted by atomic mass is 9.94. The molecule has 0 atom stereocenters. The van der Waals surface area contributed by atoms with Crippen molar-refractivity contribution in [3.8, 4) is 5.75 Å². The minimum Gasteiger partial charge on any atom is -0.490 e. The fourth-order valence-electron chi connectivity index (χ4n) is 4.12. The number of aliphatic imine (C=N–C) groups is 1. The Morgan fingerprint density at radius 1 is 1.03 bits per heavy atom. The average Bonchev–Trinajstić information content (AvgIpc) is 2.79. The van der Waals surface area contributed by atoms with Gasteiger partial charge < -0.3 is 19.2 Å². The summed E-state index contributed by atoms with van der Waals surface area (Å²) in [6.07, 6.45) is 7.37. The number of rotatable bonds is 7.